The summed E-state index contributed by atoms with van der Waals surface area (Å²) < 4.78 is 10.7. The monoisotopic (exact) mass is 347 g/mol. The van der Waals surface area contributed by atoms with Gasteiger partial charge < -0.3 is 14.8 Å². The Hall–Kier alpha value is -2.20. The number of halogens is 1. The second-order valence-electron chi connectivity index (χ2n) is 5.46. The summed E-state index contributed by atoms with van der Waals surface area (Å²) in [5, 5.41) is 3.53. The number of hydrogen-bond acceptors (Lipinski definition) is 3. The zero-order chi connectivity index (χ0) is 17.4. The number of benzene rings is 2. The van der Waals surface area contributed by atoms with Crippen LogP contribution >= 0.6 is 11.6 Å². The normalized spacial score (nSPS) is 11.6. The predicted octanol–water partition coefficient (Wildman–Crippen LogP) is 3.86. The van der Waals surface area contributed by atoms with Gasteiger partial charge in [0.15, 0.2) is 6.10 Å². The number of carbonyl (C=O) groups is 1. The number of methoxy groups -OCH3 is 1. The molecular weight excluding hydrogens is 326 g/mol. The number of hydrogen-bond donors (Lipinski definition) is 1. The van der Waals surface area contributed by atoms with Crippen molar-refractivity contribution in [3.8, 4) is 11.5 Å². The Bertz CT molecular complexity index is 641. The molecule has 4 nitrogen and oxygen atoms in total. The van der Waals surface area contributed by atoms with Crippen molar-refractivity contribution < 1.29 is 14.3 Å². The number of rotatable bonds is 8. The Morgan fingerprint density at radius 3 is 2.33 bits per heavy atom. The van der Waals surface area contributed by atoms with Crippen LogP contribution in [-0.2, 0) is 11.2 Å². The molecule has 0 aliphatic rings. The maximum Gasteiger partial charge on any atom is 0.260 e. The fourth-order valence-corrected chi connectivity index (χ4v) is 2.34. The maximum atomic E-state index is 12.0. The van der Waals surface area contributed by atoms with Crippen LogP contribution in [0.15, 0.2) is 48.5 Å². The number of aryl methyl sites for hydroxylation is 1. The first-order valence-corrected chi connectivity index (χ1v) is 8.29. The molecule has 5 heteroatoms. The van der Waals surface area contributed by atoms with Gasteiger partial charge in [0, 0.05) is 11.6 Å². The van der Waals surface area contributed by atoms with Crippen molar-refractivity contribution in [1.82, 2.24) is 5.32 Å². The van der Waals surface area contributed by atoms with Crippen molar-refractivity contribution in [2.75, 3.05) is 13.7 Å². The zero-order valence-corrected chi connectivity index (χ0v) is 14.7. The van der Waals surface area contributed by atoms with E-state index in [1.54, 1.807) is 38.3 Å². The van der Waals surface area contributed by atoms with E-state index in [9.17, 15) is 4.79 Å². The van der Waals surface area contributed by atoms with Crippen molar-refractivity contribution in [2.45, 2.75) is 25.9 Å². The van der Waals surface area contributed by atoms with Crippen molar-refractivity contribution in [1.29, 1.82) is 0 Å². The number of nitrogens with one attached hydrogen (secondary N) is 1. The van der Waals surface area contributed by atoms with Crippen LogP contribution in [0.2, 0.25) is 5.02 Å². The molecule has 128 valence electrons. The van der Waals surface area contributed by atoms with Crippen LogP contribution in [-0.4, -0.2) is 25.7 Å². The topological polar surface area (TPSA) is 47.6 Å². The second kappa shape index (κ2) is 9.18. The molecule has 0 heterocycles. The Labute approximate surface area is 147 Å². The van der Waals surface area contributed by atoms with Crippen LogP contribution in [0, 0.1) is 0 Å². The number of amides is 1. The van der Waals surface area contributed by atoms with E-state index in [0.717, 1.165) is 18.6 Å². The third-order valence-corrected chi connectivity index (χ3v) is 3.85. The lowest BCUT2D eigenvalue weighted by Crippen LogP contribution is -2.36. The molecule has 24 heavy (non-hydrogen) atoms. The molecule has 0 spiro atoms. The third kappa shape index (κ3) is 5.78. The van der Waals surface area contributed by atoms with E-state index in [0.29, 0.717) is 17.3 Å². The molecule has 0 bridgehead atoms. The standard InChI is InChI=1S/C19H22ClNO3/c1-14(24-18-11-7-16(20)8-12-18)19(22)21-13-3-4-15-5-9-17(23-2)10-6-15/h5-12,14H,3-4,13H2,1-2H3,(H,21,22)/t14-/m0/s1. The molecular formula is C19H22ClNO3. The Morgan fingerprint density at radius 2 is 1.71 bits per heavy atom. The first-order chi connectivity index (χ1) is 11.6. The first kappa shape index (κ1) is 18.1. The predicted molar refractivity (Wildman–Crippen MR) is 95.9 cm³/mol. The fraction of sp³-hybridized carbons (Fsp3) is 0.316. The maximum absolute atomic E-state index is 12.0. The molecule has 0 unspecified atom stereocenters. The van der Waals surface area contributed by atoms with Crippen molar-refractivity contribution >= 4 is 17.5 Å². The molecule has 0 saturated carbocycles. The van der Waals surface area contributed by atoms with Crippen LogP contribution in [0.1, 0.15) is 18.9 Å². The highest BCUT2D eigenvalue weighted by Crippen LogP contribution is 2.17. The van der Waals surface area contributed by atoms with Gasteiger partial charge in [-0.1, -0.05) is 23.7 Å². The van der Waals surface area contributed by atoms with Gasteiger partial charge in [-0.25, -0.2) is 0 Å². The molecule has 2 aromatic carbocycles. The van der Waals surface area contributed by atoms with Gasteiger partial charge in [-0.3, -0.25) is 4.79 Å². The molecule has 0 radical (unpaired) electrons. The summed E-state index contributed by atoms with van der Waals surface area (Å²) in [6, 6.07) is 14.9. The van der Waals surface area contributed by atoms with E-state index in [1.807, 2.05) is 24.3 Å². The van der Waals surface area contributed by atoms with Gasteiger partial charge in [0.2, 0.25) is 0 Å². The summed E-state index contributed by atoms with van der Waals surface area (Å²) in [6.07, 6.45) is 1.22. The Balaban J connectivity index is 1.69. The largest absolute Gasteiger partial charge is 0.497 e. The molecule has 1 atom stereocenters. The minimum absolute atomic E-state index is 0.125. The molecule has 0 fully saturated rings. The summed E-state index contributed by atoms with van der Waals surface area (Å²) in [5.41, 5.74) is 1.22. The summed E-state index contributed by atoms with van der Waals surface area (Å²) in [7, 11) is 1.65. The molecule has 0 aliphatic carbocycles. The minimum Gasteiger partial charge on any atom is -0.497 e. The van der Waals surface area contributed by atoms with E-state index in [4.69, 9.17) is 21.1 Å². The third-order valence-electron chi connectivity index (χ3n) is 3.60. The van der Waals surface area contributed by atoms with Crippen molar-refractivity contribution in [2.24, 2.45) is 0 Å². The summed E-state index contributed by atoms with van der Waals surface area (Å²) in [5.74, 6) is 1.35. The quantitative estimate of drug-likeness (QED) is 0.737. The van der Waals surface area contributed by atoms with Gasteiger partial charge in [0.25, 0.3) is 5.91 Å². The average Bonchev–Trinajstić information content (AvgIpc) is 2.61. The summed E-state index contributed by atoms with van der Waals surface area (Å²) in [6.45, 7) is 2.34. The van der Waals surface area contributed by atoms with E-state index >= 15 is 0 Å². The smallest absolute Gasteiger partial charge is 0.260 e. The minimum atomic E-state index is -0.549. The van der Waals surface area contributed by atoms with Crippen LogP contribution in [0.5, 0.6) is 11.5 Å². The molecule has 0 saturated heterocycles. The van der Waals surface area contributed by atoms with Crippen LogP contribution < -0.4 is 14.8 Å². The molecule has 2 rings (SSSR count). The summed E-state index contributed by atoms with van der Waals surface area (Å²) in [4.78, 5) is 12.0. The zero-order valence-electron chi connectivity index (χ0n) is 13.9. The molecule has 0 aromatic heterocycles. The van der Waals surface area contributed by atoms with Gasteiger partial charge in [-0.2, -0.15) is 0 Å². The number of carbonyl (C=O) groups excluding carboxylic acids is 1. The number of ether oxygens (including phenoxy) is 2. The van der Waals surface area contributed by atoms with E-state index in [1.165, 1.54) is 5.56 Å². The lowest BCUT2D eigenvalue weighted by molar-refractivity contribution is -0.127. The lowest BCUT2D eigenvalue weighted by atomic mass is 10.1. The van der Waals surface area contributed by atoms with Crippen LogP contribution in [0.4, 0.5) is 0 Å². The highest BCUT2D eigenvalue weighted by atomic mass is 35.5. The second-order valence-corrected chi connectivity index (χ2v) is 5.89. The molecule has 2 aromatic rings. The van der Waals surface area contributed by atoms with Gasteiger partial charge >= 0.3 is 0 Å². The Morgan fingerprint density at radius 1 is 1.08 bits per heavy atom. The van der Waals surface area contributed by atoms with Gasteiger partial charge in [-0.05, 0) is 61.7 Å². The van der Waals surface area contributed by atoms with E-state index in [-0.39, 0.29) is 5.91 Å². The fourth-order valence-electron chi connectivity index (χ4n) is 2.21. The van der Waals surface area contributed by atoms with Crippen molar-refractivity contribution in [3.05, 3.63) is 59.1 Å². The van der Waals surface area contributed by atoms with Gasteiger partial charge in [0.1, 0.15) is 11.5 Å². The molecule has 0 aliphatic heterocycles. The van der Waals surface area contributed by atoms with Crippen LogP contribution in [0.3, 0.4) is 0 Å². The molecule has 1 amide bonds. The highest BCUT2D eigenvalue weighted by Gasteiger charge is 2.13. The van der Waals surface area contributed by atoms with Gasteiger partial charge in [0.05, 0.1) is 7.11 Å². The molecule has 1 N–H and O–H groups in total. The van der Waals surface area contributed by atoms with Crippen LogP contribution in [0.25, 0.3) is 0 Å². The van der Waals surface area contributed by atoms with E-state index < -0.39 is 6.10 Å². The highest BCUT2D eigenvalue weighted by molar-refractivity contribution is 6.30. The average molecular weight is 348 g/mol. The summed E-state index contributed by atoms with van der Waals surface area (Å²) >= 11 is 5.82. The SMILES string of the molecule is COc1ccc(CCCNC(=O)[C@H](C)Oc2ccc(Cl)cc2)cc1. The Kier molecular flexibility index (Phi) is 6.94. The first-order valence-electron chi connectivity index (χ1n) is 7.91. The van der Waals surface area contributed by atoms with Crippen molar-refractivity contribution in [3.63, 3.8) is 0 Å². The van der Waals surface area contributed by atoms with Gasteiger partial charge in [-0.15, -0.1) is 0 Å². The lowest BCUT2D eigenvalue weighted by Gasteiger charge is -2.14. The van der Waals surface area contributed by atoms with E-state index in [2.05, 4.69) is 5.32 Å².